The number of aliphatic hydroxyl groups is 1. The lowest BCUT2D eigenvalue weighted by atomic mass is 10.2. The van der Waals surface area contributed by atoms with Crippen molar-refractivity contribution in [3.05, 3.63) is 73.2 Å². The first-order valence-corrected chi connectivity index (χ1v) is 8.50. The largest absolute Gasteiger partial charge is 0.491 e. The van der Waals surface area contributed by atoms with E-state index in [2.05, 4.69) is 4.98 Å². The van der Waals surface area contributed by atoms with Gasteiger partial charge in [0.1, 0.15) is 23.5 Å². The van der Waals surface area contributed by atoms with E-state index in [0.29, 0.717) is 10.8 Å². The van der Waals surface area contributed by atoms with Gasteiger partial charge >= 0.3 is 0 Å². The summed E-state index contributed by atoms with van der Waals surface area (Å²) in [4.78, 5) is 27.0. The van der Waals surface area contributed by atoms with Crippen LogP contribution >= 0.6 is 23.2 Å². The molecule has 3 aromatic rings. The summed E-state index contributed by atoms with van der Waals surface area (Å²) in [5.41, 5.74) is -0.670. The number of hydrogen-bond donors (Lipinski definition) is 1. The predicted octanol–water partition coefficient (Wildman–Crippen LogP) is 3.05. The van der Waals surface area contributed by atoms with Crippen LogP contribution in [0.25, 0.3) is 10.9 Å². The molecule has 0 amide bonds. The first-order valence-electron chi connectivity index (χ1n) is 7.74. The van der Waals surface area contributed by atoms with Crippen molar-refractivity contribution < 1.29 is 14.8 Å². The number of aliphatic hydroxyl groups excluding tert-OH is 1. The number of fused-ring (bicyclic) bond motifs is 1. The van der Waals surface area contributed by atoms with Crippen LogP contribution in [0.3, 0.4) is 0 Å². The fraction of sp³-hybridized carbons (Fsp3) is 0.176. The number of aromatic nitrogens is 2. The third-order valence-corrected chi connectivity index (χ3v) is 4.31. The molecule has 1 heterocycles. The molecule has 0 radical (unpaired) electrons. The molecular formula is C17H13Cl2N3O5. The van der Waals surface area contributed by atoms with Gasteiger partial charge in [-0.05, 0) is 30.3 Å². The Bertz CT molecular complexity index is 1050. The standard InChI is InChI=1S/C17H13Cl2N3O5/c18-10-1-3-12(4-2-10)27-8-11(23)7-21-9-20-15-6-14(19)16(22(25)26)5-13(15)17(21)24/h1-6,9,11,23H,7-8H2. The smallest absolute Gasteiger partial charge is 0.288 e. The van der Waals surface area contributed by atoms with E-state index >= 15 is 0 Å². The molecule has 0 aliphatic heterocycles. The Kier molecular flexibility index (Phi) is 5.59. The lowest BCUT2D eigenvalue weighted by molar-refractivity contribution is -0.384. The predicted molar refractivity (Wildman–Crippen MR) is 101 cm³/mol. The minimum atomic E-state index is -1.00. The van der Waals surface area contributed by atoms with Crippen LogP contribution in [0.15, 0.2) is 47.5 Å². The maximum atomic E-state index is 12.6. The summed E-state index contributed by atoms with van der Waals surface area (Å²) in [5, 5.41) is 21.6. The Balaban J connectivity index is 1.78. The van der Waals surface area contributed by atoms with Crippen LogP contribution in [0.1, 0.15) is 0 Å². The van der Waals surface area contributed by atoms with Crippen molar-refractivity contribution in [1.29, 1.82) is 0 Å². The number of rotatable bonds is 6. The molecule has 1 atom stereocenters. The van der Waals surface area contributed by atoms with Crippen molar-refractivity contribution in [2.24, 2.45) is 0 Å². The fourth-order valence-corrected chi connectivity index (χ4v) is 2.79. The summed E-state index contributed by atoms with van der Waals surface area (Å²) in [6.45, 7) is -0.154. The molecule has 1 unspecified atom stereocenters. The zero-order valence-electron chi connectivity index (χ0n) is 13.7. The highest BCUT2D eigenvalue weighted by Gasteiger charge is 2.17. The van der Waals surface area contributed by atoms with E-state index in [0.717, 1.165) is 10.6 Å². The number of halogens is 2. The van der Waals surface area contributed by atoms with E-state index in [4.69, 9.17) is 27.9 Å². The Labute approximate surface area is 162 Å². The Morgan fingerprint density at radius 1 is 1.26 bits per heavy atom. The van der Waals surface area contributed by atoms with Crippen molar-refractivity contribution in [3.63, 3.8) is 0 Å². The number of nitro groups is 1. The van der Waals surface area contributed by atoms with Gasteiger partial charge < -0.3 is 9.84 Å². The van der Waals surface area contributed by atoms with Crippen LogP contribution < -0.4 is 10.3 Å². The zero-order chi connectivity index (χ0) is 19.6. The van der Waals surface area contributed by atoms with Crippen molar-refractivity contribution in [2.45, 2.75) is 12.6 Å². The highest BCUT2D eigenvalue weighted by atomic mass is 35.5. The molecule has 3 rings (SSSR count). The monoisotopic (exact) mass is 409 g/mol. The van der Waals surface area contributed by atoms with Crippen LogP contribution in [0.2, 0.25) is 10.0 Å². The number of nitro benzene ring substituents is 1. The Hall–Kier alpha value is -2.68. The van der Waals surface area contributed by atoms with Crippen molar-refractivity contribution >= 4 is 39.8 Å². The number of hydrogen-bond acceptors (Lipinski definition) is 6. The van der Waals surface area contributed by atoms with Gasteiger partial charge in [0.2, 0.25) is 0 Å². The van der Waals surface area contributed by atoms with Gasteiger partial charge in [0.05, 0.1) is 28.7 Å². The normalized spacial score (nSPS) is 12.1. The van der Waals surface area contributed by atoms with E-state index in [1.807, 2.05) is 0 Å². The van der Waals surface area contributed by atoms with Crippen LogP contribution in [-0.4, -0.2) is 32.3 Å². The molecule has 140 valence electrons. The minimum absolute atomic E-state index is 0.0411. The molecule has 0 aliphatic rings. The van der Waals surface area contributed by atoms with Gasteiger partial charge in [-0.15, -0.1) is 0 Å². The topological polar surface area (TPSA) is 107 Å². The average Bonchev–Trinajstić information content (AvgIpc) is 2.63. The molecule has 0 bridgehead atoms. The van der Waals surface area contributed by atoms with E-state index in [9.17, 15) is 20.0 Å². The summed E-state index contributed by atoms with van der Waals surface area (Å²) < 4.78 is 6.60. The molecule has 1 aromatic heterocycles. The maximum absolute atomic E-state index is 12.6. The molecule has 1 N–H and O–H groups in total. The third-order valence-electron chi connectivity index (χ3n) is 3.75. The molecule has 0 saturated heterocycles. The summed E-state index contributed by atoms with van der Waals surface area (Å²) in [5.74, 6) is 0.521. The molecule has 0 spiro atoms. The number of nitrogens with zero attached hydrogens (tertiary/aromatic N) is 3. The van der Waals surface area contributed by atoms with Gasteiger partial charge in [0.15, 0.2) is 0 Å². The summed E-state index contributed by atoms with van der Waals surface area (Å²) in [6, 6.07) is 8.96. The van der Waals surface area contributed by atoms with Crippen molar-refractivity contribution in [3.8, 4) is 5.75 Å². The van der Waals surface area contributed by atoms with E-state index in [-0.39, 0.29) is 34.8 Å². The van der Waals surface area contributed by atoms with E-state index in [1.54, 1.807) is 24.3 Å². The molecule has 27 heavy (non-hydrogen) atoms. The second kappa shape index (κ2) is 7.91. The van der Waals surface area contributed by atoms with Crippen molar-refractivity contribution in [1.82, 2.24) is 9.55 Å². The molecular weight excluding hydrogens is 397 g/mol. The van der Waals surface area contributed by atoms with Gasteiger partial charge in [0.25, 0.3) is 11.2 Å². The first kappa shape index (κ1) is 19.1. The van der Waals surface area contributed by atoms with E-state index in [1.165, 1.54) is 12.4 Å². The molecule has 0 saturated carbocycles. The maximum Gasteiger partial charge on any atom is 0.288 e. The molecule has 0 aliphatic carbocycles. The lowest BCUT2D eigenvalue weighted by Crippen LogP contribution is -2.30. The van der Waals surface area contributed by atoms with Crippen LogP contribution in [-0.2, 0) is 6.54 Å². The number of ether oxygens (including phenoxy) is 1. The van der Waals surface area contributed by atoms with E-state index < -0.39 is 16.6 Å². The van der Waals surface area contributed by atoms with Crippen LogP contribution in [0.5, 0.6) is 5.75 Å². The quantitative estimate of drug-likeness (QED) is 0.495. The number of benzene rings is 2. The van der Waals surface area contributed by atoms with Crippen LogP contribution in [0.4, 0.5) is 5.69 Å². The Morgan fingerprint density at radius 3 is 2.63 bits per heavy atom. The van der Waals surface area contributed by atoms with Crippen molar-refractivity contribution in [2.75, 3.05) is 6.61 Å². The molecule has 8 nitrogen and oxygen atoms in total. The van der Waals surface area contributed by atoms with Gasteiger partial charge in [0, 0.05) is 11.1 Å². The highest BCUT2D eigenvalue weighted by molar-refractivity contribution is 6.33. The summed E-state index contributed by atoms with van der Waals surface area (Å²) in [6.07, 6.45) is 0.248. The second-order valence-corrected chi connectivity index (χ2v) is 6.54. The molecule has 2 aromatic carbocycles. The SMILES string of the molecule is O=c1c2cc([N+](=O)[O-])c(Cl)cc2ncn1CC(O)COc1ccc(Cl)cc1. The zero-order valence-corrected chi connectivity index (χ0v) is 15.2. The van der Waals surface area contributed by atoms with Gasteiger partial charge in [-0.2, -0.15) is 0 Å². The van der Waals surface area contributed by atoms with Gasteiger partial charge in [-0.1, -0.05) is 23.2 Å². The fourth-order valence-electron chi connectivity index (χ4n) is 2.44. The highest BCUT2D eigenvalue weighted by Crippen LogP contribution is 2.27. The molecule has 0 fully saturated rings. The average molecular weight is 410 g/mol. The van der Waals surface area contributed by atoms with Crippen LogP contribution in [0, 0.1) is 10.1 Å². The molecule has 10 heteroatoms. The summed E-state index contributed by atoms with van der Waals surface area (Å²) >= 11 is 11.6. The minimum Gasteiger partial charge on any atom is -0.491 e. The lowest BCUT2D eigenvalue weighted by Gasteiger charge is -2.14. The third kappa shape index (κ3) is 4.36. The first-order chi connectivity index (χ1) is 12.8. The Morgan fingerprint density at radius 2 is 1.96 bits per heavy atom. The summed E-state index contributed by atoms with van der Waals surface area (Å²) in [7, 11) is 0. The second-order valence-electron chi connectivity index (χ2n) is 5.70. The van der Waals surface area contributed by atoms with Gasteiger partial charge in [-0.3, -0.25) is 19.5 Å². The van der Waals surface area contributed by atoms with Gasteiger partial charge in [-0.25, -0.2) is 4.98 Å².